The Morgan fingerprint density at radius 2 is 1.89 bits per heavy atom. The zero-order chi connectivity index (χ0) is 13.1. The lowest BCUT2D eigenvalue weighted by Crippen LogP contribution is -2.14. The van der Waals surface area contributed by atoms with Crippen molar-refractivity contribution in [2.45, 2.75) is 6.54 Å². The maximum absolute atomic E-state index is 13.7. The summed E-state index contributed by atoms with van der Waals surface area (Å²) in [6.45, 7) is 0.356. The lowest BCUT2D eigenvalue weighted by molar-refractivity contribution is 0.627. The van der Waals surface area contributed by atoms with E-state index in [4.69, 9.17) is 17.3 Å². The number of benzene rings is 2. The number of rotatable bonds is 3. The van der Waals surface area contributed by atoms with E-state index in [0.717, 1.165) is 11.3 Å². The molecule has 0 saturated heterocycles. The van der Waals surface area contributed by atoms with Gasteiger partial charge in [-0.1, -0.05) is 23.7 Å². The van der Waals surface area contributed by atoms with E-state index in [0.29, 0.717) is 17.3 Å². The van der Waals surface area contributed by atoms with Crippen LogP contribution in [0.15, 0.2) is 42.5 Å². The van der Waals surface area contributed by atoms with Crippen LogP contribution in [0.1, 0.15) is 5.56 Å². The van der Waals surface area contributed by atoms with Crippen LogP contribution in [0.4, 0.5) is 15.8 Å². The second kappa shape index (κ2) is 5.38. The van der Waals surface area contributed by atoms with E-state index < -0.39 is 0 Å². The van der Waals surface area contributed by atoms with Crippen LogP contribution >= 0.6 is 11.6 Å². The lowest BCUT2D eigenvalue weighted by atomic mass is 10.1. The maximum atomic E-state index is 13.7. The summed E-state index contributed by atoms with van der Waals surface area (Å²) in [5.41, 5.74) is 7.94. The number of nitrogens with zero attached hydrogens (tertiary/aromatic N) is 1. The molecule has 0 amide bonds. The van der Waals surface area contributed by atoms with E-state index in [-0.39, 0.29) is 5.82 Å². The van der Waals surface area contributed by atoms with Gasteiger partial charge in [0.15, 0.2) is 0 Å². The Labute approximate surface area is 111 Å². The number of nitrogens with two attached hydrogens (primary N) is 1. The Hall–Kier alpha value is -1.58. The minimum absolute atomic E-state index is 0.266. The zero-order valence-corrected chi connectivity index (χ0v) is 10.8. The molecule has 2 aromatic rings. The first-order valence-electron chi connectivity index (χ1n) is 5.60. The molecule has 0 radical (unpaired) electrons. The van der Waals surface area contributed by atoms with Crippen molar-refractivity contribution in [3.05, 3.63) is 58.9 Å². The molecule has 0 aromatic heterocycles. The van der Waals surface area contributed by atoms with Crippen LogP contribution in [0, 0.1) is 5.82 Å². The second-order valence-corrected chi connectivity index (χ2v) is 4.42. The van der Waals surface area contributed by atoms with E-state index in [1.807, 2.05) is 6.07 Å². The topological polar surface area (TPSA) is 29.3 Å². The molecule has 0 aliphatic rings. The van der Waals surface area contributed by atoms with Crippen molar-refractivity contribution in [2.75, 3.05) is 11.9 Å². The van der Waals surface area contributed by atoms with Gasteiger partial charge in [-0.25, -0.2) is 4.39 Å². The van der Waals surface area contributed by atoms with Crippen molar-refractivity contribution in [1.29, 1.82) is 0 Å². The molecule has 0 aliphatic carbocycles. The Balaban J connectivity index is 2.46. The minimum Gasteiger partial charge on any atom is -0.342 e. The van der Waals surface area contributed by atoms with Crippen molar-refractivity contribution in [1.82, 2.24) is 0 Å². The molecule has 0 unspecified atom stereocenters. The number of hydrogen-bond acceptors (Lipinski definition) is 2. The van der Waals surface area contributed by atoms with Gasteiger partial charge < -0.3 is 10.6 Å². The highest BCUT2D eigenvalue weighted by Gasteiger charge is 2.12. The predicted octanol–water partition coefficient (Wildman–Crippen LogP) is 3.71. The SMILES string of the molecule is CN(c1ccccc1F)c1ccc(Cl)cc1CN. The van der Waals surface area contributed by atoms with Crippen molar-refractivity contribution < 1.29 is 4.39 Å². The first-order chi connectivity index (χ1) is 8.63. The number of anilines is 2. The summed E-state index contributed by atoms with van der Waals surface area (Å²) in [4.78, 5) is 1.77. The molecule has 2 nitrogen and oxygen atoms in total. The van der Waals surface area contributed by atoms with Gasteiger partial charge in [-0.05, 0) is 35.9 Å². The number of halogens is 2. The van der Waals surface area contributed by atoms with Crippen LogP contribution in [0.5, 0.6) is 0 Å². The Bertz CT molecular complexity index is 557. The molecule has 0 heterocycles. The van der Waals surface area contributed by atoms with E-state index in [9.17, 15) is 4.39 Å². The van der Waals surface area contributed by atoms with Crippen LogP contribution < -0.4 is 10.6 Å². The van der Waals surface area contributed by atoms with Gasteiger partial charge in [0.2, 0.25) is 0 Å². The fourth-order valence-electron chi connectivity index (χ4n) is 1.90. The second-order valence-electron chi connectivity index (χ2n) is 3.99. The summed E-state index contributed by atoms with van der Waals surface area (Å²) in [6, 6.07) is 12.0. The fourth-order valence-corrected chi connectivity index (χ4v) is 2.09. The quantitative estimate of drug-likeness (QED) is 0.916. The highest BCUT2D eigenvalue weighted by Crippen LogP contribution is 2.30. The molecule has 2 rings (SSSR count). The van der Waals surface area contributed by atoms with Gasteiger partial charge >= 0.3 is 0 Å². The van der Waals surface area contributed by atoms with Gasteiger partial charge in [0.25, 0.3) is 0 Å². The molecule has 0 atom stereocenters. The predicted molar refractivity (Wildman–Crippen MR) is 73.8 cm³/mol. The molecular formula is C14H14ClFN2. The van der Waals surface area contributed by atoms with Crippen LogP contribution in [0.3, 0.4) is 0 Å². The largest absolute Gasteiger partial charge is 0.342 e. The van der Waals surface area contributed by atoms with Gasteiger partial charge in [-0.15, -0.1) is 0 Å². The molecular weight excluding hydrogens is 251 g/mol. The van der Waals surface area contributed by atoms with Crippen molar-refractivity contribution in [3.63, 3.8) is 0 Å². The summed E-state index contributed by atoms with van der Waals surface area (Å²) in [5, 5.41) is 0.626. The Morgan fingerprint density at radius 1 is 1.17 bits per heavy atom. The molecule has 94 valence electrons. The molecule has 2 N–H and O–H groups in total. The van der Waals surface area contributed by atoms with E-state index in [1.54, 1.807) is 42.3 Å². The summed E-state index contributed by atoms with van der Waals surface area (Å²) in [6.07, 6.45) is 0. The fraction of sp³-hybridized carbons (Fsp3) is 0.143. The first-order valence-corrected chi connectivity index (χ1v) is 5.98. The zero-order valence-electron chi connectivity index (χ0n) is 10.0. The van der Waals surface area contributed by atoms with Crippen molar-refractivity contribution in [2.24, 2.45) is 5.73 Å². The maximum Gasteiger partial charge on any atom is 0.146 e. The first kappa shape index (κ1) is 12.9. The van der Waals surface area contributed by atoms with Crippen molar-refractivity contribution in [3.8, 4) is 0 Å². The highest BCUT2D eigenvalue weighted by atomic mass is 35.5. The Kier molecular flexibility index (Phi) is 3.84. The van der Waals surface area contributed by atoms with E-state index in [2.05, 4.69) is 0 Å². The van der Waals surface area contributed by atoms with E-state index >= 15 is 0 Å². The average Bonchev–Trinajstić information content (AvgIpc) is 2.38. The molecule has 18 heavy (non-hydrogen) atoms. The molecule has 2 aromatic carbocycles. The molecule has 0 spiro atoms. The van der Waals surface area contributed by atoms with Crippen LogP contribution in [0.2, 0.25) is 5.02 Å². The smallest absolute Gasteiger partial charge is 0.146 e. The Morgan fingerprint density at radius 3 is 2.56 bits per heavy atom. The number of para-hydroxylation sites is 1. The summed E-state index contributed by atoms with van der Waals surface area (Å²) < 4.78 is 13.7. The van der Waals surface area contributed by atoms with Gasteiger partial charge in [-0.2, -0.15) is 0 Å². The molecule has 0 aliphatic heterocycles. The van der Waals surface area contributed by atoms with Gasteiger partial charge in [0.05, 0.1) is 5.69 Å². The summed E-state index contributed by atoms with van der Waals surface area (Å²) in [7, 11) is 1.81. The summed E-state index contributed by atoms with van der Waals surface area (Å²) in [5.74, 6) is -0.266. The van der Waals surface area contributed by atoms with Crippen LogP contribution in [0.25, 0.3) is 0 Å². The summed E-state index contributed by atoms with van der Waals surface area (Å²) >= 11 is 5.93. The van der Waals surface area contributed by atoms with Gasteiger partial charge in [0, 0.05) is 24.3 Å². The van der Waals surface area contributed by atoms with Gasteiger partial charge in [-0.3, -0.25) is 0 Å². The molecule has 0 fully saturated rings. The average molecular weight is 265 g/mol. The lowest BCUT2D eigenvalue weighted by Gasteiger charge is -2.22. The van der Waals surface area contributed by atoms with Gasteiger partial charge in [0.1, 0.15) is 5.82 Å². The standard InChI is InChI=1S/C14H14ClFN2/c1-18(14-5-3-2-4-12(14)16)13-7-6-11(15)8-10(13)9-17/h2-8H,9,17H2,1H3. The monoisotopic (exact) mass is 264 g/mol. The normalized spacial score (nSPS) is 10.4. The molecule has 0 saturated carbocycles. The van der Waals surface area contributed by atoms with E-state index in [1.165, 1.54) is 6.07 Å². The van der Waals surface area contributed by atoms with Crippen LogP contribution in [-0.2, 0) is 6.54 Å². The minimum atomic E-state index is -0.266. The van der Waals surface area contributed by atoms with Crippen molar-refractivity contribution >= 4 is 23.0 Å². The highest BCUT2D eigenvalue weighted by molar-refractivity contribution is 6.30. The van der Waals surface area contributed by atoms with Crippen LogP contribution in [-0.4, -0.2) is 7.05 Å². The molecule has 0 bridgehead atoms. The third-order valence-corrected chi connectivity index (χ3v) is 3.07. The number of hydrogen-bond donors (Lipinski definition) is 1. The third kappa shape index (κ3) is 2.47. The third-order valence-electron chi connectivity index (χ3n) is 2.84. The molecule has 4 heteroatoms.